The first-order valence-electron chi connectivity index (χ1n) is 9.51. The summed E-state index contributed by atoms with van der Waals surface area (Å²) in [6.07, 6.45) is 2.65. The van der Waals surface area contributed by atoms with E-state index in [1.54, 1.807) is 9.80 Å². The quantitative estimate of drug-likeness (QED) is 0.846. The Balaban J connectivity index is 1.30. The summed E-state index contributed by atoms with van der Waals surface area (Å²) in [5.74, 6) is 1.28. The van der Waals surface area contributed by atoms with Gasteiger partial charge in [0.05, 0.1) is 6.54 Å². The summed E-state index contributed by atoms with van der Waals surface area (Å²) in [5.41, 5.74) is 1.49. The molecule has 7 nitrogen and oxygen atoms in total. The van der Waals surface area contributed by atoms with Crippen LogP contribution in [0.5, 0.6) is 5.75 Å². The van der Waals surface area contributed by atoms with Gasteiger partial charge < -0.3 is 14.5 Å². The first kappa shape index (κ1) is 17.6. The van der Waals surface area contributed by atoms with Gasteiger partial charge in [0.25, 0.3) is 5.91 Å². The fourth-order valence-electron chi connectivity index (χ4n) is 3.31. The number of carbonyl (C=O) groups is 2. The zero-order valence-corrected chi connectivity index (χ0v) is 15.3. The van der Waals surface area contributed by atoms with E-state index in [0.717, 1.165) is 24.3 Å². The number of amides is 2. The Hall–Kier alpha value is -2.83. The van der Waals surface area contributed by atoms with Crippen molar-refractivity contribution in [3.8, 4) is 5.75 Å². The van der Waals surface area contributed by atoms with Crippen LogP contribution in [-0.4, -0.2) is 64.6 Å². The predicted molar refractivity (Wildman–Crippen MR) is 99.6 cm³/mol. The molecule has 7 heteroatoms. The van der Waals surface area contributed by atoms with Gasteiger partial charge in [-0.15, -0.1) is 0 Å². The number of benzene rings is 1. The minimum atomic E-state index is -0.103. The average Bonchev–Trinajstić information content (AvgIpc) is 3.46. The number of nitrogens with one attached hydrogen (secondary N) is 1. The molecule has 142 valence electrons. The Morgan fingerprint density at radius 3 is 2.78 bits per heavy atom. The molecule has 2 heterocycles. The standard InChI is InChI=1S/C20H24N4O3/c25-19-8-9-24(20(26)18-14-17(21-22-18)15-6-7-15)11-10-23(19)12-13-27-16-4-2-1-3-5-16/h1-5,14-15H,6-13H2,(H,21,22). The molecule has 1 saturated carbocycles. The number of hydrogen-bond acceptors (Lipinski definition) is 4. The van der Waals surface area contributed by atoms with E-state index in [-0.39, 0.29) is 11.8 Å². The summed E-state index contributed by atoms with van der Waals surface area (Å²) < 4.78 is 5.68. The van der Waals surface area contributed by atoms with Crippen LogP contribution in [0.25, 0.3) is 0 Å². The smallest absolute Gasteiger partial charge is 0.274 e. The van der Waals surface area contributed by atoms with Crippen molar-refractivity contribution in [2.75, 3.05) is 32.8 Å². The Labute approximate surface area is 158 Å². The molecule has 27 heavy (non-hydrogen) atoms. The molecule has 0 spiro atoms. The van der Waals surface area contributed by atoms with Gasteiger partial charge in [0.1, 0.15) is 18.1 Å². The second-order valence-corrected chi connectivity index (χ2v) is 7.07. The molecule has 1 saturated heterocycles. The number of nitrogens with zero attached hydrogens (tertiary/aromatic N) is 3. The molecule has 2 fully saturated rings. The van der Waals surface area contributed by atoms with E-state index in [0.29, 0.717) is 50.8 Å². The highest BCUT2D eigenvalue weighted by Gasteiger charge is 2.29. The minimum Gasteiger partial charge on any atom is -0.492 e. The van der Waals surface area contributed by atoms with Crippen LogP contribution in [0.4, 0.5) is 0 Å². The Morgan fingerprint density at radius 2 is 2.00 bits per heavy atom. The van der Waals surface area contributed by atoms with Gasteiger partial charge in [-0.2, -0.15) is 5.10 Å². The zero-order valence-electron chi connectivity index (χ0n) is 15.3. The fraction of sp³-hybridized carbons (Fsp3) is 0.450. The van der Waals surface area contributed by atoms with Crippen LogP contribution in [0.15, 0.2) is 36.4 Å². The van der Waals surface area contributed by atoms with Crippen LogP contribution < -0.4 is 4.74 Å². The highest BCUT2D eigenvalue weighted by Crippen LogP contribution is 2.39. The number of carbonyl (C=O) groups excluding carboxylic acids is 2. The lowest BCUT2D eigenvalue weighted by atomic mass is 10.2. The predicted octanol–water partition coefficient (Wildman–Crippen LogP) is 2.04. The number of rotatable bonds is 6. The molecule has 0 unspecified atom stereocenters. The van der Waals surface area contributed by atoms with Gasteiger partial charge in [-0.25, -0.2) is 0 Å². The van der Waals surface area contributed by atoms with Crippen molar-refractivity contribution in [3.63, 3.8) is 0 Å². The molecule has 2 amide bonds. The highest BCUT2D eigenvalue weighted by atomic mass is 16.5. The lowest BCUT2D eigenvalue weighted by Gasteiger charge is -2.22. The van der Waals surface area contributed by atoms with Crippen LogP contribution in [0.1, 0.15) is 41.4 Å². The summed E-state index contributed by atoms with van der Waals surface area (Å²) in [7, 11) is 0. The number of para-hydroxylation sites is 1. The van der Waals surface area contributed by atoms with E-state index in [4.69, 9.17) is 4.74 Å². The van der Waals surface area contributed by atoms with Crippen LogP contribution >= 0.6 is 0 Å². The minimum absolute atomic E-state index is 0.0580. The number of H-pyrrole nitrogens is 1. The SMILES string of the molecule is O=C1CCN(C(=O)c2cc(C3CC3)[nH]n2)CCN1CCOc1ccccc1. The molecule has 1 aliphatic heterocycles. The van der Waals surface area contributed by atoms with E-state index in [1.807, 2.05) is 36.4 Å². The van der Waals surface area contributed by atoms with Crippen LogP contribution in [0, 0.1) is 0 Å². The molecular weight excluding hydrogens is 344 g/mol. The number of hydrogen-bond donors (Lipinski definition) is 1. The van der Waals surface area contributed by atoms with E-state index in [9.17, 15) is 9.59 Å². The molecule has 1 aromatic carbocycles. The molecule has 2 aromatic rings. The lowest BCUT2D eigenvalue weighted by molar-refractivity contribution is -0.130. The maximum Gasteiger partial charge on any atom is 0.274 e. The number of ether oxygens (including phenoxy) is 1. The Bertz CT molecular complexity index is 801. The highest BCUT2D eigenvalue weighted by molar-refractivity contribution is 5.93. The van der Waals surface area contributed by atoms with Gasteiger partial charge in [0.2, 0.25) is 5.91 Å². The van der Waals surface area contributed by atoms with Gasteiger partial charge in [0.15, 0.2) is 0 Å². The third kappa shape index (κ3) is 4.30. The van der Waals surface area contributed by atoms with Crippen molar-refractivity contribution in [1.29, 1.82) is 0 Å². The maximum absolute atomic E-state index is 12.7. The molecule has 1 N–H and O–H groups in total. The molecule has 1 aliphatic carbocycles. The van der Waals surface area contributed by atoms with E-state index >= 15 is 0 Å². The van der Waals surface area contributed by atoms with Gasteiger partial charge in [-0.3, -0.25) is 14.7 Å². The van der Waals surface area contributed by atoms with Crippen molar-refractivity contribution < 1.29 is 14.3 Å². The van der Waals surface area contributed by atoms with Gasteiger partial charge >= 0.3 is 0 Å². The zero-order chi connectivity index (χ0) is 18.6. The Kier molecular flexibility index (Phi) is 5.09. The summed E-state index contributed by atoms with van der Waals surface area (Å²) in [6.45, 7) is 2.42. The van der Waals surface area contributed by atoms with Crippen molar-refractivity contribution >= 4 is 11.8 Å². The second kappa shape index (κ2) is 7.82. The topological polar surface area (TPSA) is 78.5 Å². The Morgan fingerprint density at radius 1 is 1.19 bits per heavy atom. The van der Waals surface area contributed by atoms with E-state index in [2.05, 4.69) is 10.2 Å². The van der Waals surface area contributed by atoms with E-state index < -0.39 is 0 Å². The molecule has 1 aromatic heterocycles. The molecule has 0 bridgehead atoms. The van der Waals surface area contributed by atoms with Gasteiger partial charge in [-0.05, 0) is 31.0 Å². The van der Waals surface area contributed by atoms with Crippen LogP contribution in [-0.2, 0) is 4.79 Å². The largest absolute Gasteiger partial charge is 0.492 e. The maximum atomic E-state index is 12.7. The van der Waals surface area contributed by atoms with Crippen molar-refractivity contribution in [3.05, 3.63) is 47.8 Å². The lowest BCUT2D eigenvalue weighted by Crippen LogP contribution is -2.37. The third-order valence-corrected chi connectivity index (χ3v) is 5.08. The first-order valence-corrected chi connectivity index (χ1v) is 9.51. The average molecular weight is 368 g/mol. The van der Waals surface area contributed by atoms with Crippen molar-refractivity contribution in [2.24, 2.45) is 0 Å². The summed E-state index contributed by atoms with van der Waals surface area (Å²) >= 11 is 0. The third-order valence-electron chi connectivity index (χ3n) is 5.08. The summed E-state index contributed by atoms with van der Waals surface area (Å²) in [4.78, 5) is 28.6. The molecule has 2 aliphatic rings. The normalized spacial score (nSPS) is 17.7. The second-order valence-electron chi connectivity index (χ2n) is 7.07. The number of aromatic nitrogens is 2. The van der Waals surface area contributed by atoms with Gasteiger partial charge in [-0.1, -0.05) is 18.2 Å². The van der Waals surface area contributed by atoms with Crippen LogP contribution in [0.3, 0.4) is 0 Å². The van der Waals surface area contributed by atoms with Gasteiger partial charge in [0, 0.05) is 37.7 Å². The van der Waals surface area contributed by atoms with Crippen molar-refractivity contribution in [2.45, 2.75) is 25.2 Å². The van der Waals surface area contributed by atoms with E-state index in [1.165, 1.54) is 0 Å². The summed E-state index contributed by atoms with van der Waals surface area (Å²) in [6, 6.07) is 11.4. The fourth-order valence-corrected chi connectivity index (χ4v) is 3.31. The molecular formula is C20H24N4O3. The van der Waals surface area contributed by atoms with Crippen molar-refractivity contribution in [1.82, 2.24) is 20.0 Å². The monoisotopic (exact) mass is 368 g/mol. The first-order chi connectivity index (χ1) is 13.2. The molecule has 4 rings (SSSR count). The number of aromatic amines is 1. The molecule has 0 atom stereocenters. The summed E-state index contributed by atoms with van der Waals surface area (Å²) in [5, 5.41) is 7.14. The van der Waals surface area contributed by atoms with Crippen LogP contribution in [0.2, 0.25) is 0 Å². The molecule has 0 radical (unpaired) electrons.